The highest BCUT2D eigenvalue weighted by atomic mass is 16.6. The molecule has 0 aliphatic heterocycles. The van der Waals surface area contributed by atoms with Crippen molar-refractivity contribution in [2.24, 2.45) is 0 Å². The topological polar surface area (TPSA) is 87.0 Å². The number of rotatable bonds is 5. The van der Waals surface area contributed by atoms with Crippen molar-refractivity contribution < 1.29 is 4.84 Å². The SMILES string of the molecule is C/C=C\C=C(/C)CNOCC#Cc1c[nH]c(=O)[nH]c1=O. The lowest BCUT2D eigenvalue weighted by Crippen LogP contribution is -2.23. The Bertz CT molecular complexity index is 656. The van der Waals surface area contributed by atoms with Crippen LogP contribution >= 0.6 is 0 Å². The van der Waals surface area contributed by atoms with Gasteiger partial charge in [0.1, 0.15) is 12.2 Å². The van der Waals surface area contributed by atoms with Crippen molar-refractivity contribution in [2.45, 2.75) is 13.8 Å². The van der Waals surface area contributed by atoms with Crippen LogP contribution in [0.25, 0.3) is 0 Å². The smallest absolute Gasteiger partial charge is 0.313 e. The van der Waals surface area contributed by atoms with E-state index in [-0.39, 0.29) is 12.2 Å². The molecule has 0 aliphatic carbocycles. The van der Waals surface area contributed by atoms with Crippen molar-refractivity contribution in [3.05, 3.63) is 56.4 Å². The molecule has 0 spiro atoms. The molecule has 1 heterocycles. The van der Waals surface area contributed by atoms with Gasteiger partial charge in [0, 0.05) is 12.7 Å². The van der Waals surface area contributed by atoms with Gasteiger partial charge in [0.25, 0.3) is 5.56 Å². The summed E-state index contributed by atoms with van der Waals surface area (Å²) in [5.74, 6) is 5.28. The van der Waals surface area contributed by atoms with E-state index in [0.29, 0.717) is 6.54 Å². The summed E-state index contributed by atoms with van der Waals surface area (Å²) in [6, 6.07) is 0. The second-order valence-electron chi connectivity index (χ2n) is 3.94. The van der Waals surface area contributed by atoms with Gasteiger partial charge in [-0.1, -0.05) is 35.6 Å². The maximum atomic E-state index is 11.3. The van der Waals surface area contributed by atoms with E-state index in [4.69, 9.17) is 4.84 Å². The standard InChI is InChI=1S/C14H17N3O3/c1-3-4-6-11(2)9-16-20-8-5-7-12-10-15-14(19)17-13(12)18/h3-4,6,10,16H,8-9H2,1-2H3,(H2,15,17,18,19)/b4-3-,11-6+. The number of H-pyrrole nitrogens is 2. The Kier molecular flexibility index (Phi) is 6.82. The molecule has 0 aliphatic rings. The molecule has 0 saturated heterocycles. The third-order valence-electron chi connectivity index (χ3n) is 2.21. The van der Waals surface area contributed by atoms with Crippen molar-refractivity contribution in [3.8, 4) is 11.8 Å². The summed E-state index contributed by atoms with van der Waals surface area (Å²) in [4.78, 5) is 31.6. The Morgan fingerprint density at radius 3 is 3.00 bits per heavy atom. The Morgan fingerprint density at radius 2 is 2.30 bits per heavy atom. The largest absolute Gasteiger partial charge is 0.325 e. The molecule has 20 heavy (non-hydrogen) atoms. The highest BCUT2D eigenvalue weighted by Crippen LogP contribution is 1.90. The second-order valence-corrected chi connectivity index (χ2v) is 3.94. The average Bonchev–Trinajstić information content (AvgIpc) is 2.42. The molecular formula is C14H17N3O3. The zero-order chi connectivity index (χ0) is 14.8. The monoisotopic (exact) mass is 275 g/mol. The van der Waals surface area contributed by atoms with Crippen molar-refractivity contribution >= 4 is 0 Å². The molecule has 0 aromatic carbocycles. The number of aromatic nitrogens is 2. The van der Waals surface area contributed by atoms with Gasteiger partial charge in [0.2, 0.25) is 0 Å². The van der Waals surface area contributed by atoms with Crippen molar-refractivity contribution in [1.29, 1.82) is 0 Å². The molecule has 3 N–H and O–H groups in total. The molecular weight excluding hydrogens is 258 g/mol. The lowest BCUT2D eigenvalue weighted by atomic mass is 10.3. The first-order valence-corrected chi connectivity index (χ1v) is 6.07. The molecule has 1 rings (SSSR count). The Hall–Kier alpha value is -2.36. The van der Waals surface area contributed by atoms with E-state index in [1.165, 1.54) is 6.20 Å². The van der Waals surface area contributed by atoms with E-state index in [0.717, 1.165) is 5.57 Å². The van der Waals surface area contributed by atoms with Crippen LogP contribution < -0.4 is 16.7 Å². The zero-order valence-electron chi connectivity index (χ0n) is 11.4. The fraction of sp³-hybridized carbons (Fsp3) is 0.286. The Balaban J connectivity index is 2.37. The van der Waals surface area contributed by atoms with Crippen LogP contribution in [0.4, 0.5) is 0 Å². The minimum atomic E-state index is -0.554. The van der Waals surface area contributed by atoms with E-state index in [1.807, 2.05) is 32.1 Å². The summed E-state index contributed by atoms with van der Waals surface area (Å²) in [6.07, 6.45) is 7.13. The number of hydrogen-bond donors (Lipinski definition) is 3. The van der Waals surface area contributed by atoms with Crippen LogP contribution in [-0.2, 0) is 4.84 Å². The molecule has 6 heteroatoms. The highest BCUT2D eigenvalue weighted by Gasteiger charge is 1.94. The van der Waals surface area contributed by atoms with E-state index < -0.39 is 11.2 Å². The van der Waals surface area contributed by atoms with Crippen LogP contribution in [0.15, 0.2) is 39.6 Å². The molecule has 0 radical (unpaired) electrons. The molecule has 106 valence electrons. The predicted octanol–water partition coefficient (Wildman–Crippen LogP) is 0.458. The summed E-state index contributed by atoms with van der Waals surface area (Å²) >= 11 is 0. The first kappa shape index (κ1) is 15.7. The lowest BCUT2D eigenvalue weighted by Gasteiger charge is -2.01. The molecule has 1 aromatic rings. The van der Waals surface area contributed by atoms with Gasteiger partial charge < -0.3 is 4.98 Å². The molecule has 6 nitrogen and oxygen atoms in total. The van der Waals surface area contributed by atoms with Crippen LogP contribution in [0.5, 0.6) is 0 Å². The maximum Gasteiger partial charge on any atom is 0.325 e. The summed E-state index contributed by atoms with van der Waals surface area (Å²) in [6.45, 7) is 4.64. The molecule has 0 amide bonds. The minimum Gasteiger partial charge on any atom is -0.313 e. The summed E-state index contributed by atoms with van der Waals surface area (Å²) in [5, 5.41) is 0. The third kappa shape index (κ3) is 6.00. The van der Waals surface area contributed by atoms with E-state index in [1.54, 1.807) is 0 Å². The summed E-state index contributed by atoms with van der Waals surface area (Å²) in [7, 11) is 0. The quantitative estimate of drug-likeness (QED) is 0.315. The first-order valence-electron chi connectivity index (χ1n) is 6.07. The van der Waals surface area contributed by atoms with Crippen LogP contribution in [0.1, 0.15) is 19.4 Å². The molecule has 0 fully saturated rings. The van der Waals surface area contributed by atoms with E-state index in [2.05, 4.69) is 27.3 Å². The molecule has 1 aromatic heterocycles. The molecule has 0 saturated carbocycles. The average molecular weight is 275 g/mol. The van der Waals surface area contributed by atoms with Gasteiger partial charge in [0.05, 0.1) is 0 Å². The van der Waals surface area contributed by atoms with Crippen molar-refractivity contribution in [1.82, 2.24) is 15.4 Å². The minimum absolute atomic E-state index is 0.134. The van der Waals surface area contributed by atoms with Gasteiger partial charge in [-0.3, -0.25) is 14.6 Å². The van der Waals surface area contributed by atoms with Crippen LogP contribution in [0, 0.1) is 11.8 Å². The van der Waals surface area contributed by atoms with E-state index >= 15 is 0 Å². The lowest BCUT2D eigenvalue weighted by molar-refractivity contribution is 0.0729. The molecule has 0 bridgehead atoms. The van der Waals surface area contributed by atoms with E-state index in [9.17, 15) is 9.59 Å². The first-order chi connectivity index (χ1) is 9.63. The predicted molar refractivity (Wildman–Crippen MR) is 77.1 cm³/mol. The number of hydroxylamine groups is 1. The number of aromatic amines is 2. The number of nitrogens with one attached hydrogen (secondary N) is 3. The van der Waals surface area contributed by atoms with Crippen LogP contribution in [0.2, 0.25) is 0 Å². The Morgan fingerprint density at radius 1 is 1.50 bits per heavy atom. The normalized spacial score (nSPS) is 11.4. The van der Waals surface area contributed by atoms with Crippen LogP contribution in [-0.4, -0.2) is 23.1 Å². The zero-order valence-corrected chi connectivity index (χ0v) is 11.4. The van der Waals surface area contributed by atoms with Gasteiger partial charge in [-0.2, -0.15) is 5.48 Å². The summed E-state index contributed by atoms with van der Waals surface area (Å²) in [5.41, 5.74) is 3.00. The fourth-order valence-corrected chi connectivity index (χ4v) is 1.21. The molecule has 0 unspecified atom stereocenters. The van der Waals surface area contributed by atoms with Crippen molar-refractivity contribution in [2.75, 3.05) is 13.2 Å². The fourth-order valence-electron chi connectivity index (χ4n) is 1.21. The summed E-state index contributed by atoms with van der Waals surface area (Å²) < 4.78 is 0. The van der Waals surface area contributed by atoms with Crippen molar-refractivity contribution in [3.63, 3.8) is 0 Å². The van der Waals surface area contributed by atoms with Gasteiger partial charge in [0.15, 0.2) is 0 Å². The van der Waals surface area contributed by atoms with Gasteiger partial charge in [-0.15, -0.1) is 0 Å². The number of allylic oxidation sites excluding steroid dienone is 3. The van der Waals surface area contributed by atoms with Gasteiger partial charge in [-0.05, 0) is 13.8 Å². The molecule has 0 atom stereocenters. The Labute approximate surface area is 116 Å². The maximum absolute atomic E-state index is 11.3. The van der Waals surface area contributed by atoms with Gasteiger partial charge >= 0.3 is 5.69 Å². The second kappa shape index (κ2) is 8.69. The van der Waals surface area contributed by atoms with Crippen LogP contribution in [0.3, 0.4) is 0 Å². The third-order valence-corrected chi connectivity index (χ3v) is 2.21. The number of hydrogen-bond acceptors (Lipinski definition) is 4. The van der Waals surface area contributed by atoms with Gasteiger partial charge in [-0.25, -0.2) is 4.79 Å². The highest BCUT2D eigenvalue weighted by molar-refractivity contribution is 5.29.